The van der Waals surface area contributed by atoms with Gasteiger partial charge in [-0.3, -0.25) is 0 Å². The van der Waals surface area contributed by atoms with Gasteiger partial charge in [0.1, 0.15) is 0 Å². The fourth-order valence-corrected chi connectivity index (χ4v) is 3.65. The summed E-state index contributed by atoms with van der Waals surface area (Å²) >= 11 is 1.92. The molecular weight excluding hydrogens is 286 g/mol. The van der Waals surface area contributed by atoms with Crippen molar-refractivity contribution in [3.8, 4) is 0 Å². The summed E-state index contributed by atoms with van der Waals surface area (Å²) in [5.74, 6) is 0. The van der Waals surface area contributed by atoms with Crippen molar-refractivity contribution in [1.82, 2.24) is 0 Å². The lowest BCUT2D eigenvalue weighted by molar-refractivity contribution is 0.590. The first-order valence-electron chi connectivity index (χ1n) is 8.00. The molecule has 0 saturated carbocycles. The van der Waals surface area contributed by atoms with Gasteiger partial charge < -0.3 is 4.90 Å². The van der Waals surface area contributed by atoms with Crippen molar-refractivity contribution < 1.29 is 0 Å². The van der Waals surface area contributed by atoms with Gasteiger partial charge in [-0.1, -0.05) is 51.1 Å². The van der Waals surface area contributed by atoms with Crippen LogP contribution in [0.25, 0.3) is 0 Å². The van der Waals surface area contributed by atoms with E-state index in [0.717, 1.165) is 6.54 Å². The lowest BCUT2D eigenvalue weighted by Crippen LogP contribution is -2.30. The first kappa shape index (κ1) is 17.0. The van der Waals surface area contributed by atoms with Crippen molar-refractivity contribution in [3.63, 3.8) is 0 Å². The summed E-state index contributed by atoms with van der Waals surface area (Å²) in [6, 6.07) is 19.7. The van der Waals surface area contributed by atoms with Crippen molar-refractivity contribution in [3.05, 3.63) is 60.2 Å². The van der Waals surface area contributed by atoms with Gasteiger partial charge in [0, 0.05) is 17.1 Å². The van der Waals surface area contributed by atoms with Crippen LogP contribution in [0.15, 0.2) is 59.5 Å². The Morgan fingerprint density at radius 1 is 0.955 bits per heavy atom. The minimum Gasteiger partial charge on any atom is -0.360 e. The van der Waals surface area contributed by atoms with Gasteiger partial charge in [-0.15, -0.1) is 11.8 Å². The largest absolute Gasteiger partial charge is 0.360 e. The molecule has 1 nitrogen and oxygen atoms in total. The molecule has 2 heteroatoms. The molecule has 0 aliphatic heterocycles. The normalized spacial score (nSPS) is 13.0. The van der Waals surface area contributed by atoms with Gasteiger partial charge in [0.25, 0.3) is 0 Å². The molecular formula is C20H27NS. The van der Waals surface area contributed by atoms with Gasteiger partial charge in [0.15, 0.2) is 0 Å². The number of benzene rings is 2. The molecule has 0 amide bonds. The van der Waals surface area contributed by atoms with Crippen LogP contribution < -0.4 is 4.90 Å². The highest BCUT2D eigenvalue weighted by Crippen LogP contribution is 2.31. The number of hydrogen-bond acceptors (Lipinski definition) is 2. The van der Waals surface area contributed by atoms with Gasteiger partial charge in [-0.25, -0.2) is 0 Å². The van der Waals surface area contributed by atoms with E-state index in [1.807, 2.05) is 11.8 Å². The van der Waals surface area contributed by atoms with Crippen LogP contribution in [0.1, 0.15) is 40.2 Å². The van der Waals surface area contributed by atoms with E-state index in [-0.39, 0.29) is 5.41 Å². The van der Waals surface area contributed by atoms with Crippen LogP contribution in [0.3, 0.4) is 0 Å². The summed E-state index contributed by atoms with van der Waals surface area (Å²) in [6.07, 6.45) is 0. The number of rotatable bonds is 5. The molecule has 0 heterocycles. The Hall–Kier alpha value is -1.41. The fraction of sp³-hybridized carbons (Fsp3) is 0.400. The Bertz CT molecular complexity index is 569. The van der Waals surface area contributed by atoms with Crippen LogP contribution in [-0.4, -0.2) is 11.9 Å². The highest BCUT2D eigenvalue weighted by Gasteiger charge is 2.16. The molecule has 2 aromatic rings. The quantitative estimate of drug-likeness (QED) is 0.496. The minimum atomic E-state index is 0.217. The van der Waals surface area contributed by atoms with E-state index in [2.05, 4.69) is 94.1 Å². The Morgan fingerprint density at radius 2 is 1.55 bits per heavy atom. The minimum absolute atomic E-state index is 0.217. The molecule has 0 aromatic heterocycles. The van der Waals surface area contributed by atoms with Gasteiger partial charge in [0.2, 0.25) is 0 Å². The first-order valence-corrected chi connectivity index (χ1v) is 8.88. The second-order valence-corrected chi connectivity index (χ2v) is 8.00. The molecule has 0 aliphatic carbocycles. The van der Waals surface area contributed by atoms with Crippen LogP contribution in [0, 0.1) is 0 Å². The van der Waals surface area contributed by atoms with E-state index in [9.17, 15) is 0 Å². The van der Waals surface area contributed by atoms with Gasteiger partial charge in [-0.05, 0) is 49.1 Å². The predicted octanol–water partition coefficient (Wildman–Crippen LogP) is 5.95. The molecule has 0 spiro atoms. The zero-order valence-corrected chi connectivity index (χ0v) is 15.2. The topological polar surface area (TPSA) is 3.24 Å². The van der Waals surface area contributed by atoms with E-state index in [0.29, 0.717) is 5.37 Å². The predicted molar refractivity (Wildman–Crippen MR) is 99.9 cm³/mol. The molecule has 2 rings (SSSR count). The third kappa shape index (κ3) is 4.30. The third-order valence-electron chi connectivity index (χ3n) is 3.89. The average molecular weight is 314 g/mol. The third-order valence-corrected chi connectivity index (χ3v) is 5.03. The number of thioether (sulfide) groups is 1. The molecule has 118 valence electrons. The molecule has 1 atom stereocenters. The number of hydrogen-bond donors (Lipinski definition) is 0. The number of nitrogens with zero attached hydrogens (tertiary/aromatic N) is 1. The van der Waals surface area contributed by atoms with Crippen molar-refractivity contribution in [2.45, 2.75) is 50.3 Å². The van der Waals surface area contributed by atoms with Crippen molar-refractivity contribution in [2.75, 3.05) is 11.4 Å². The summed E-state index contributed by atoms with van der Waals surface area (Å²) in [7, 11) is 0. The molecule has 0 bridgehead atoms. The Morgan fingerprint density at radius 3 is 2.05 bits per heavy atom. The number of para-hydroxylation sites is 1. The van der Waals surface area contributed by atoms with E-state index in [1.165, 1.54) is 16.1 Å². The van der Waals surface area contributed by atoms with E-state index in [1.54, 1.807) is 0 Å². The summed E-state index contributed by atoms with van der Waals surface area (Å²) in [6.45, 7) is 12.3. The molecule has 1 unspecified atom stereocenters. The van der Waals surface area contributed by atoms with E-state index >= 15 is 0 Å². The second kappa shape index (κ2) is 7.23. The van der Waals surface area contributed by atoms with Gasteiger partial charge in [0.05, 0.1) is 5.37 Å². The van der Waals surface area contributed by atoms with Crippen molar-refractivity contribution in [1.29, 1.82) is 0 Å². The Kier molecular flexibility index (Phi) is 5.57. The summed E-state index contributed by atoms with van der Waals surface area (Å²) in [5.41, 5.74) is 2.89. The molecule has 22 heavy (non-hydrogen) atoms. The van der Waals surface area contributed by atoms with E-state index < -0.39 is 0 Å². The van der Waals surface area contributed by atoms with Gasteiger partial charge >= 0.3 is 0 Å². The monoisotopic (exact) mass is 313 g/mol. The maximum absolute atomic E-state index is 2.43. The zero-order valence-electron chi connectivity index (χ0n) is 14.3. The van der Waals surface area contributed by atoms with E-state index in [4.69, 9.17) is 0 Å². The molecule has 0 fully saturated rings. The summed E-state index contributed by atoms with van der Waals surface area (Å²) in [4.78, 5) is 3.76. The average Bonchev–Trinajstić information content (AvgIpc) is 2.48. The SMILES string of the molecule is CCN(c1ccccc1)C(C)Sc1ccc(C(C)(C)C)cc1. The number of anilines is 1. The first-order chi connectivity index (χ1) is 10.4. The van der Waals surface area contributed by atoms with Crippen molar-refractivity contribution >= 4 is 17.4 Å². The zero-order chi connectivity index (χ0) is 16.2. The maximum atomic E-state index is 2.43. The smallest absolute Gasteiger partial charge is 0.0768 e. The van der Waals surface area contributed by atoms with Crippen LogP contribution in [0.2, 0.25) is 0 Å². The molecule has 0 radical (unpaired) electrons. The molecule has 0 aliphatic rings. The highest BCUT2D eigenvalue weighted by molar-refractivity contribution is 8.00. The maximum Gasteiger partial charge on any atom is 0.0768 e. The lowest BCUT2D eigenvalue weighted by Gasteiger charge is -2.30. The fourth-order valence-electron chi connectivity index (χ4n) is 2.56. The van der Waals surface area contributed by atoms with Crippen molar-refractivity contribution in [2.24, 2.45) is 0 Å². The Balaban J connectivity index is 2.09. The van der Waals surface area contributed by atoms with Crippen LogP contribution in [-0.2, 0) is 5.41 Å². The Labute approximate surface area is 139 Å². The van der Waals surface area contributed by atoms with Crippen LogP contribution >= 0.6 is 11.8 Å². The second-order valence-electron chi connectivity index (χ2n) is 6.61. The van der Waals surface area contributed by atoms with Gasteiger partial charge in [-0.2, -0.15) is 0 Å². The molecule has 0 saturated heterocycles. The molecule has 2 aromatic carbocycles. The lowest BCUT2D eigenvalue weighted by atomic mass is 9.87. The standard InChI is InChI=1S/C20H27NS/c1-6-21(18-10-8-7-9-11-18)16(2)22-19-14-12-17(13-15-19)20(3,4)5/h7-16H,6H2,1-5H3. The summed E-state index contributed by atoms with van der Waals surface area (Å²) < 4.78 is 0. The van der Waals surface area contributed by atoms with Crippen LogP contribution in [0.5, 0.6) is 0 Å². The summed E-state index contributed by atoms with van der Waals surface area (Å²) in [5, 5.41) is 0.410. The molecule has 0 N–H and O–H groups in total. The van der Waals surface area contributed by atoms with Crippen LogP contribution in [0.4, 0.5) is 5.69 Å². The highest BCUT2D eigenvalue weighted by atomic mass is 32.2.